The molecule has 12 nitrogen and oxygen atoms in total. The summed E-state index contributed by atoms with van der Waals surface area (Å²) in [4.78, 5) is 44.5. The first-order valence-electron chi connectivity index (χ1n) is 6.88. The highest BCUT2D eigenvalue weighted by molar-refractivity contribution is 5.72. The molecule has 0 bridgehead atoms. The van der Waals surface area contributed by atoms with Crippen molar-refractivity contribution in [1.29, 1.82) is 0 Å². The molecule has 0 saturated heterocycles. The summed E-state index contributed by atoms with van der Waals surface area (Å²) in [6.45, 7) is -6.27. The van der Waals surface area contributed by atoms with Crippen LogP contribution >= 0.6 is 0 Å². The molecule has 0 aromatic rings. The summed E-state index contributed by atoms with van der Waals surface area (Å²) < 4.78 is 18.8. The summed E-state index contributed by atoms with van der Waals surface area (Å²) >= 11 is 0. The largest absolute Gasteiger partial charge is 0.463 e. The lowest BCUT2D eigenvalue weighted by molar-refractivity contribution is -0.174. The maximum atomic E-state index is 11.1. The van der Waals surface area contributed by atoms with Crippen molar-refractivity contribution < 1.29 is 58.6 Å². The zero-order valence-electron chi connectivity index (χ0n) is 13.2. The molecular formula is C13H20O12. The third kappa shape index (κ3) is 9.56. The smallest absolute Gasteiger partial charge is 0.331 e. The van der Waals surface area contributed by atoms with Crippen LogP contribution in [-0.2, 0) is 38.1 Å². The fourth-order valence-electron chi connectivity index (χ4n) is 1.37. The lowest BCUT2D eigenvalue weighted by Crippen LogP contribution is -2.44. The van der Waals surface area contributed by atoms with Crippen molar-refractivity contribution in [2.75, 3.05) is 52.9 Å². The van der Waals surface area contributed by atoms with Gasteiger partial charge in [0.1, 0.15) is 58.3 Å². The quantitative estimate of drug-likeness (QED) is 0.194. The summed E-state index contributed by atoms with van der Waals surface area (Å²) in [7, 11) is 0. The van der Waals surface area contributed by atoms with Crippen LogP contribution in [0.2, 0.25) is 0 Å². The first-order valence-corrected chi connectivity index (χ1v) is 6.88. The van der Waals surface area contributed by atoms with Crippen molar-refractivity contribution in [3.8, 4) is 0 Å². The van der Waals surface area contributed by atoms with Crippen LogP contribution < -0.4 is 0 Å². The van der Waals surface area contributed by atoms with Gasteiger partial charge in [-0.05, 0) is 0 Å². The standard InChI is InChI=1S/C13H20O12/c14-1-9(18)22-5-13(6-23-10(19)2-15,7-24-11(20)3-16)8-25-12(21)4-17/h14-17H,1-8H2. The molecule has 0 unspecified atom stereocenters. The topological polar surface area (TPSA) is 186 Å². The molecule has 0 aromatic carbocycles. The van der Waals surface area contributed by atoms with Crippen molar-refractivity contribution in [3.05, 3.63) is 0 Å². The molecule has 144 valence electrons. The van der Waals surface area contributed by atoms with E-state index < -0.39 is 82.1 Å². The molecule has 12 heteroatoms. The number of carbonyl (C=O) groups excluding carboxylic acids is 4. The number of ether oxygens (including phenoxy) is 4. The first-order chi connectivity index (χ1) is 11.8. The van der Waals surface area contributed by atoms with Gasteiger partial charge in [-0.3, -0.25) is 0 Å². The number of carbonyl (C=O) groups is 4. The van der Waals surface area contributed by atoms with E-state index in [0.29, 0.717) is 0 Å². The summed E-state index contributed by atoms with van der Waals surface area (Å²) in [6.07, 6.45) is 0. The number of aliphatic hydroxyl groups is 4. The third-order valence-corrected chi connectivity index (χ3v) is 2.67. The second kappa shape index (κ2) is 12.1. The van der Waals surface area contributed by atoms with E-state index in [-0.39, 0.29) is 0 Å². The number of esters is 4. The molecule has 0 saturated carbocycles. The maximum absolute atomic E-state index is 11.1. The van der Waals surface area contributed by atoms with Gasteiger partial charge in [-0.2, -0.15) is 0 Å². The molecule has 0 aliphatic rings. The number of hydrogen-bond donors (Lipinski definition) is 4. The zero-order chi connectivity index (χ0) is 19.3. The predicted octanol–water partition coefficient (Wildman–Crippen LogP) is -3.89. The second-order valence-electron chi connectivity index (χ2n) is 4.78. The van der Waals surface area contributed by atoms with Gasteiger partial charge in [0, 0.05) is 0 Å². The highest BCUT2D eigenvalue weighted by atomic mass is 16.6. The van der Waals surface area contributed by atoms with Gasteiger partial charge >= 0.3 is 23.9 Å². The van der Waals surface area contributed by atoms with Crippen molar-refractivity contribution in [3.63, 3.8) is 0 Å². The Labute approximate surface area is 141 Å². The Bertz CT molecular complexity index is 374. The van der Waals surface area contributed by atoms with Gasteiger partial charge in [0.2, 0.25) is 0 Å². The van der Waals surface area contributed by atoms with Gasteiger partial charge in [0.05, 0.1) is 0 Å². The van der Waals surface area contributed by atoms with Crippen molar-refractivity contribution >= 4 is 23.9 Å². The third-order valence-electron chi connectivity index (χ3n) is 2.67. The van der Waals surface area contributed by atoms with Crippen molar-refractivity contribution in [1.82, 2.24) is 0 Å². The average molecular weight is 368 g/mol. The Kier molecular flexibility index (Phi) is 11.0. The van der Waals surface area contributed by atoms with E-state index in [2.05, 4.69) is 0 Å². The molecule has 0 amide bonds. The van der Waals surface area contributed by atoms with E-state index in [1.165, 1.54) is 0 Å². The highest BCUT2D eigenvalue weighted by Gasteiger charge is 2.37. The molecule has 0 rings (SSSR count). The fraction of sp³-hybridized carbons (Fsp3) is 0.692. The van der Waals surface area contributed by atoms with Crippen LogP contribution in [0.5, 0.6) is 0 Å². The lowest BCUT2D eigenvalue weighted by atomic mass is 9.92. The minimum Gasteiger partial charge on any atom is -0.463 e. The van der Waals surface area contributed by atoms with Crippen LogP contribution in [0.4, 0.5) is 0 Å². The zero-order valence-corrected chi connectivity index (χ0v) is 13.2. The number of aliphatic hydroxyl groups excluding tert-OH is 4. The molecule has 0 aliphatic heterocycles. The minimum absolute atomic E-state index is 0.609. The van der Waals surface area contributed by atoms with Gasteiger partial charge in [0.15, 0.2) is 0 Å². The van der Waals surface area contributed by atoms with Crippen molar-refractivity contribution in [2.24, 2.45) is 5.41 Å². The Morgan fingerprint density at radius 3 is 0.880 bits per heavy atom. The van der Waals surface area contributed by atoms with Crippen LogP contribution in [0.25, 0.3) is 0 Å². The highest BCUT2D eigenvalue weighted by Crippen LogP contribution is 2.21. The molecule has 0 aliphatic carbocycles. The molecular weight excluding hydrogens is 348 g/mol. The Balaban J connectivity index is 5.24. The monoisotopic (exact) mass is 368 g/mol. The molecule has 0 spiro atoms. The minimum atomic E-state index is -1.59. The Morgan fingerprint density at radius 1 is 0.520 bits per heavy atom. The molecule has 0 fully saturated rings. The number of rotatable bonds is 12. The van der Waals surface area contributed by atoms with Gasteiger partial charge in [-0.25, -0.2) is 19.2 Å². The van der Waals surface area contributed by atoms with E-state index in [0.717, 1.165) is 0 Å². The summed E-state index contributed by atoms with van der Waals surface area (Å²) in [6, 6.07) is 0. The second-order valence-corrected chi connectivity index (χ2v) is 4.78. The SMILES string of the molecule is O=C(CO)OCC(COC(=O)CO)(COC(=O)CO)COC(=O)CO. The van der Waals surface area contributed by atoms with Gasteiger partial charge in [-0.15, -0.1) is 0 Å². The average Bonchev–Trinajstić information content (AvgIpc) is 2.65. The fourth-order valence-corrected chi connectivity index (χ4v) is 1.37. The first kappa shape index (κ1) is 22.7. The van der Waals surface area contributed by atoms with Crippen LogP contribution in [-0.4, -0.2) is 97.2 Å². The maximum Gasteiger partial charge on any atom is 0.331 e. The Hall–Kier alpha value is -2.28. The Morgan fingerprint density at radius 2 is 0.720 bits per heavy atom. The molecule has 0 heterocycles. The van der Waals surface area contributed by atoms with E-state index in [1.807, 2.05) is 0 Å². The normalized spacial score (nSPS) is 10.7. The number of hydrogen-bond acceptors (Lipinski definition) is 12. The molecule has 0 radical (unpaired) electrons. The van der Waals surface area contributed by atoms with Gasteiger partial charge in [-0.1, -0.05) is 0 Å². The molecule has 25 heavy (non-hydrogen) atoms. The van der Waals surface area contributed by atoms with E-state index >= 15 is 0 Å². The lowest BCUT2D eigenvalue weighted by Gasteiger charge is -2.31. The van der Waals surface area contributed by atoms with Crippen LogP contribution in [0, 0.1) is 5.41 Å². The van der Waals surface area contributed by atoms with Gasteiger partial charge in [0.25, 0.3) is 0 Å². The molecule has 0 atom stereocenters. The van der Waals surface area contributed by atoms with E-state index in [1.54, 1.807) is 0 Å². The van der Waals surface area contributed by atoms with Crippen molar-refractivity contribution in [2.45, 2.75) is 0 Å². The van der Waals surface area contributed by atoms with Crippen LogP contribution in [0.15, 0.2) is 0 Å². The van der Waals surface area contributed by atoms with E-state index in [4.69, 9.17) is 39.4 Å². The molecule has 4 N–H and O–H groups in total. The van der Waals surface area contributed by atoms with E-state index in [9.17, 15) is 19.2 Å². The van der Waals surface area contributed by atoms with Crippen LogP contribution in [0.3, 0.4) is 0 Å². The molecule has 0 aromatic heterocycles. The summed E-state index contributed by atoms with van der Waals surface area (Å²) in [5.41, 5.74) is -1.59. The predicted molar refractivity (Wildman–Crippen MR) is 74.6 cm³/mol. The summed E-state index contributed by atoms with van der Waals surface area (Å²) in [5.74, 6) is -4.22. The van der Waals surface area contributed by atoms with Gasteiger partial charge < -0.3 is 39.4 Å². The van der Waals surface area contributed by atoms with Crippen LogP contribution in [0.1, 0.15) is 0 Å². The summed E-state index contributed by atoms with van der Waals surface area (Å²) in [5, 5.41) is 34.7.